The smallest absolute Gasteiger partial charge is 0.331 e. The lowest BCUT2D eigenvalue weighted by atomic mass is 10.5. The van der Waals surface area contributed by atoms with Gasteiger partial charge in [0.05, 0.1) is 7.11 Å². The van der Waals surface area contributed by atoms with Crippen LogP contribution in [0.25, 0.3) is 0 Å². The summed E-state index contributed by atoms with van der Waals surface area (Å²) in [6, 6.07) is 0. The molecule has 0 aliphatic rings. The van der Waals surface area contributed by atoms with Gasteiger partial charge in [-0.15, -0.1) is 0 Å². The quantitative estimate of drug-likeness (QED) is 0.321. The van der Waals surface area contributed by atoms with E-state index in [0.717, 1.165) is 12.2 Å². The fourth-order valence-corrected chi connectivity index (χ4v) is 0.536. The predicted octanol–water partition coefficient (Wildman–Crippen LogP) is 0.220. The first-order valence-corrected chi connectivity index (χ1v) is 4.25. The third-order valence-electron chi connectivity index (χ3n) is 0.885. The SMILES string of the molecule is COC(=O)/C=C/C(=O)OCC(=O)I. The van der Waals surface area contributed by atoms with Crippen LogP contribution in [-0.2, 0) is 23.9 Å². The first kappa shape index (κ1) is 12.1. The zero-order valence-corrected chi connectivity index (χ0v) is 8.94. The lowest BCUT2D eigenvalue weighted by molar-refractivity contribution is -0.141. The Labute approximate surface area is 88.2 Å². The van der Waals surface area contributed by atoms with E-state index in [9.17, 15) is 14.4 Å². The zero-order valence-electron chi connectivity index (χ0n) is 6.78. The molecule has 0 amide bonds. The first-order valence-electron chi connectivity index (χ1n) is 3.17. The van der Waals surface area contributed by atoms with Gasteiger partial charge < -0.3 is 9.47 Å². The van der Waals surface area contributed by atoms with Gasteiger partial charge in [-0.2, -0.15) is 0 Å². The highest BCUT2D eigenvalue weighted by Gasteiger charge is 2.01. The van der Waals surface area contributed by atoms with Crippen LogP contribution in [0.1, 0.15) is 0 Å². The van der Waals surface area contributed by atoms with E-state index in [2.05, 4.69) is 9.47 Å². The summed E-state index contributed by atoms with van der Waals surface area (Å²) >= 11 is 1.49. The summed E-state index contributed by atoms with van der Waals surface area (Å²) in [5.41, 5.74) is 0. The normalized spacial score (nSPS) is 9.69. The number of methoxy groups -OCH3 is 1. The van der Waals surface area contributed by atoms with Crippen LogP contribution < -0.4 is 0 Å². The van der Waals surface area contributed by atoms with Gasteiger partial charge in [-0.1, -0.05) is 0 Å². The van der Waals surface area contributed by atoms with Crippen molar-refractivity contribution in [2.45, 2.75) is 0 Å². The Balaban J connectivity index is 3.80. The largest absolute Gasteiger partial charge is 0.466 e. The summed E-state index contributed by atoms with van der Waals surface area (Å²) in [6.45, 7) is -0.301. The fraction of sp³-hybridized carbons (Fsp3) is 0.286. The van der Waals surface area contributed by atoms with Crippen molar-refractivity contribution in [1.82, 2.24) is 0 Å². The molecule has 6 heteroatoms. The van der Waals surface area contributed by atoms with Gasteiger partial charge in [0, 0.05) is 34.7 Å². The van der Waals surface area contributed by atoms with Crippen molar-refractivity contribution in [2.24, 2.45) is 0 Å². The number of hydrogen-bond acceptors (Lipinski definition) is 5. The van der Waals surface area contributed by atoms with E-state index in [1.54, 1.807) is 0 Å². The predicted molar refractivity (Wildman–Crippen MR) is 51.1 cm³/mol. The number of esters is 2. The maximum absolute atomic E-state index is 10.7. The Morgan fingerprint density at radius 2 is 1.77 bits per heavy atom. The molecule has 0 N–H and O–H groups in total. The highest BCUT2D eigenvalue weighted by atomic mass is 127. The molecule has 13 heavy (non-hydrogen) atoms. The molecule has 0 aromatic carbocycles. The number of hydrogen-bond donors (Lipinski definition) is 0. The molecule has 0 saturated carbocycles. The van der Waals surface area contributed by atoms with Crippen molar-refractivity contribution in [3.05, 3.63) is 12.2 Å². The van der Waals surface area contributed by atoms with E-state index in [4.69, 9.17) is 0 Å². The second kappa shape index (κ2) is 6.58. The van der Waals surface area contributed by atoms with Gasteiger partial charge in [-0.25, -0.2) is 9.59 Å². The molecular formula is C7H7IO5. The Kier molecular flexibility index (Phi) is 6.11. The standard InChI is InChI=1S/C7H7IO5/c1-12-6(10)2-3-7(11)13-4-5(8)9/h2-3H,4H2,1H3/b3-2+. The molecule has 0 aromatic rings. The minimum atomic E-state index is -0.754. The number of ether oxygens (including phenoxy) is 2. The van der Waals surface area contributed by atoms with Crippen LogP contribution in [-0.4, -0.2) is 29.4 Å². The monoisotopic (exact) mass is 298 g/mol. The van der Waals surface area contributed by atoms with E-state index < -0.39 is 11.9 Å². The van der Waals surface area contributed by atoms with Gasteiger partial charge >= 0.3 is 11.9 Å². The van der Waals surface area contributed by atoms with Gasteiger partial charge in [0.2, 0.25) is 3.79 Å². The van der Waals surface area contributed by atoms with Crippen LogP contribution in [0.4, 0.5) is 0 Å². The van der Waals surface area contributed by atoms with E-state index >= 15 is 0 Å². The summed E-state index contributed by atoms with van der Waals surface area (Å²) < 4.78 is 8.34. The molecule has 0 radical (unpaired) electrons. The molecule has 0 aliphatic carbocycles. The molecule has 0 aromatic heterocycles. The maximum atomic E-state index is 10.7. The van der Waals surface area contributed by atoms with Gasteiger partial charge in [-0.3, -0.25) is 4.79 Å². The molecule has 72 valence electrons. The molecule has 0 unspecified atom stereocenters. The Bertz CT molecular complexity index is 245. The number of rotatable bonds is 4. The van der Waals surface area contributed by atoms with Crippen LogP contribution in [0.15, 0.2) is 12.2 Å². The molecule has 5 nitrogen and oxygen atoms in total. The van der Waals surface area contributed by atoms with Crippen LogP contribution in [0.3, 0.4) is 0 Å². The summed E-state index contributed by atoms with van der Waals surface area (Å²) in [7, 11) is 1.19. The highest BCUT2D eigenvalue weighted by molar-refractivity contribution is 14.1. The fourth-order valence-electron chi connectivity index (χ4n) is 0.380. The molecule has 0 aliphatic heterocycles. The minimum Gasteiger partial charge on any atom is -0.466 e. The average Bonchev–Trinajstić information content (AvgIpc) is 2.10. The number of halogens is 1. The highest BCUT2D eigenvalue weighted by Crippen LogP contribution is 1.89. The van der Waals surface area contributed by atoms with Crippen LogP contribution in [0.2, 0.25) is 0 Å². The Morgan fingerprint density at radius 3 is 2.23 bits per heavy atom. The van der Waals surface area contributed by atoms with Crippen LogP contribution >= 0.6 is 22.6 Å². The molecule has 0 rings (SSSR count). The van der Waals surface area contributed by atoms with E-state index in [-0.39, 0.29) is 10.4 Å². The van der Waals surface area contributed by atoms with Gasteiger partial charge in [-0.05, 0) is 0 Å². The number of carbonyl (C=O) groups is 3. The molecule has 0 bridgehead atoms. The second-order valence-electron chi connectivity index (χ2n) is 1.82. The van der Waals surface area contributed by atoms with Crippen molar-refractivity contribution in [3.63, 3.8) is 0 Å². The molecular weight excluding hydrogens is 291 g/mol. The van der Waals surface area contributed by atoms with E-state index in [0.29, 0.717) is 0 Å². The molecule has 0 atom stereocenters. The lowest BCUT2D eigenvalue weighted by Gasteiger charge is -1.95. The third-order valence-corrected chi connectivity index (χ3v) is 1.20. The maximum Gasteiger partial charge on any atom is 0.331 e. The number of carbonyl (C=O) groups excluding carboxylic acids is 3. The molecule has 0 spiro atoms. The third kappa shape index (κ3) is 7.44. The van der Waals surface area contributed by atoms with Gasteiger partial charge in [0.25, 0.3) is 0 Å². The zero-order chi connectivity index (χ0) is 10.3. The van der Waals surface area contributed by atoms with Crippen molar-refractivity contribution in [1.29, 1.82) is 0 Å². The molecule has 0 heterocycles. The Morgan fingerprint density at radius 1 is 1.23 bits per heavy atom. The van der Waals surface area contributed by atoms with Crippen molar-refractivity contribution in [3.8, 4) is 0 Å². The van der Waals surface area contributed by atoms with Crippen LogP contribution in [0, 0.1) is 0 Å². The van der Waals surface area contributed by atoms with E-state index in [1.807, 2.05) is 0 Å². The topological polar surface area (TPSA) is 69.7 Å². The lowest BCUT2D eigenvalue weighted by Crippen LogP contribution is -2.07. The Hall–Kier alpha value is -0.920. The van der Waals surface area contributed by atoms with E-state index in [1.165, 1.54) is 29.7 Å². The summed E-state index contributed by atoms with van der Waals surface area (Å²) in [6.07, 6.45) is 1.81. The van der Waals surface area contributed by atoms with Crippen molar-refractivity contribution >= 4 is 38.3 Å². The van der Waals surface area contributed by atoms with Crippen molar-refractivity contribution < 1.29 is 23.9 Å². The average molecular weight is 298 g/mol. The second-order valence-corrected chi connectivity index (χ2v) is 3.02. The van der Waals surface area contributed by atoms with Crippen molar-refractivity contribution in [2.75, 3.05) is 13.7 Å². The summed E-state index contributed by atoms with van der Waals surface area (Å²) in [4.78, 5) is 31.5. The molecule has 0 saturated heterocycles. The van der Waals surface area contributed by atoms with Gasteiger partial charge in [0.1, 0.15) is 0 Å². The minimum absolute atomic E-state index is 0.294. The van der Waals surface area contributed by atoms with Crippen LogP contribution in [0.5, 0.6) is 0 Å². The summed E-state index contributed by atoms with van der Waals surface area (Å²) in [5, 5.41) is 0. The molecule has 0 fully saturated rings. The van der Waals surface area contributed by atoms with Gasteiger partial charge in [0.15, 0.2) is 6.61 Å². The first-order chi connectivity index (χ1) is 6.06. The summed E-state index contributed by atoms with van der Waals surface area (Å²) in [5.74, 6) is -1.41.